The average Bonchev–Trinajstić information content (AvgIpc) is 2.50. The van der Waals surface area contributed by atoms with Crippen LogP contribution in [0.4, 0.5) is 10.5 Å². The van der Waals surface area contributed by atoms with Crippen LogP contribution in [0.2, 0.25) is 5.02 Å². The predicted molar refractivity (Wildman–Crippen MR) is 89.8 cm³/mol. The van der Waals surface area contributed by atoms with Crippen molar-refractivity contribution in [2.45, 2.75) is 6.92 Å². The molecule has 25 heavy (non-hydrogen) atoms. The predicted octanol–water partition coefficient (Wildman–Crippen LogP) is 2.53. The van der Waals surface area contributed by atoms with Gasteiger partial charge in [-0.3, -0.25) is 10.1 Å². The standard InChI is InChI=1S/C16H15ClN4O4/c1-9-4-12(20-15(23)21-14(22)10-7-24-8-10)2-3-13(9)25-16-18-5-11(17)6-19-16/h2-6,10H,7-8H2,1H3,(H2,20,21,22,23). The molecule has 0 unspecified atom stereocenters. The minimum Gasteiger partial charge on any atom is -0.424 e. The Kier molecular flexibility index (Phi) is 5.11. The van der Waals surface area contributed by atoms with Gasteiger partial charge in [-0.25, -0.2) is 14.8 Å². The molecule has 1 saturated heterocycles. The smallest absolute Gasteiger partial charge is 0.325 e. The number of hydrogen-bond acceptors (Lipinski definition) is 6. The number of carbonyl (C=O) groups excluding carboxylic acids is 2. The third-order valence-electron chi connectivity index (χ3n) is 3.48. The largest absolute Gasteiger partial charge is 0.424 e. The van der Waals surface area contributed by atoms with Gasteiger partial charge >= 0.3 is 12.0 Å². The number of rotatable bonds is 4. The molecule has 1 fully saturated rings. The van der Waals surface area contributed by atoms with Crippen LogP contribution in [0.5, 0.6) is 11.8 Å². The van der Waals surface area contributed by atoms with Crippen LogP contribution < -0.4 is 15.4 Å². The van der Waals surface area contributed by atoms with Crippen LogP contribution in [-0.4, -0.2) is 35.1 Å². The maximum absolute atomic E-state index is 11.8. The molecule has 0 saturated carbocycles. The van der Waals surface area contributed by atoms with Crippen molar-refractivity contribution in [3.05, 3.63) is 41.2 Å². The van der Waals surface area contributed by atoms with Crippen LogP contribution >= 0.6 is 11.6 Å². The van der Waals surface area contributed by atoms with Crippen LogP contribution in [0.3, 0.4) is 0 Å². The molecule has 2 N–H and O–H groups in total. The van der Waals surface area contributed by atoms with E-state index in [4.69, 9.17) is 21.1 Å². The summed E-state index contributed by atoms with van der Waals surface area (Å²) >= 11 is 5.73. The molecule has 0 spiro atoms. The minimum atomic E-state index is -0.592. The number of benzene rings is 1. The van der Waals surface area contributed by atoms with Crippen LogP contribution in [0, 0.1) is 12.8 Å². The average molecular weight is 363 g/mol. The Bertz CT molecular complexity index is 793. The number of ether oxygens (including phenoxy) is 2. The van der Waals surface area contributed by atoms with Crippen molar-refractivity contribution in [1.82, 2.24) is 15.3 Å². The first kappa shape index (κ1) is 17.1. The number of imide groups is 1. The number of aryl methyl sites for hydroxylation is 1. The molecule has 9 heteroatoms. The zero-order valence-corrected chi connectivity index (χ0v) is 14.0. The molecule has 1 aromatic heterocycles. The Morgan fingerprint density at radius 3 is 2.60 bits per heavy atom. The summed E-state index contributed by atoms with van der Waals surface area (Å²) in [4.78, 5) is 31.4. The van der Waals surface area contributed by atoms with E-state index in [0.717, 1.165) is 5.56 Å². The Morgan fingerprint density at radius 2 is 2.00 bits per heavy atom. The van der Waals surface area contributed by atoms with Crippen LogP contribution in [0.1, 0.15) is 5.56 Å². The second-order valence-corrected chi connectivity index (χ2v) is 5.88. The summed E-state index contributed by atoms with van der Waals surface area (Å²) in [6.07, 6.45) is 2.87. The van der Waals surface area contributed by atoms with Crippen molar-refractivity contribution in [3.63, 3.8) is 0 Å². The van der Waals surface area contributed by atoms with Gasteiger partial charge < -0.3 is 14.8 Å². The molecular weight excluding hydrogens is 348 g/mol. The van der Waals surface area contributed by atoms with Crippen molar-refractivity contribution in [1.29, 1.82) is 0 Å². The summed E-state index contributed by atoms with van der Waals surface area (Å²) in [5.74, 6) is -0.0704. The number of nitrogens with zero attached hydrogens (tertiary/aromatic N) is 2. The first-order chi connectivity index (χ1) is 12.0. The summed E-state index contributed by atoms with van der Waals surface area (Å²) in [6.45, 7) is 2.50. The van der Waals surface area contributed by atoms with Gasteiger partial charge in [0.05, 0.1) is 36.5 Å². The van der Waals surface area contributed by atoms with Gasteiger partial charge in [-0.2, -0.15) is 0 Å². The number of urea groups is 1. The van der Waals surface area contributed by atoms with Crippen LogP contribution in [0.15, 0.2) is 30.6 Å². The van der Waals surface area contributed by atoms with Gasteiger partial charge in [0.15, 0.2) is 0 Å². The van der Waals surface area contributed by atoms with Gasteiger partial charge in [0.25, 0.3) is 0 Å². The number of carbonyl (C=O) groups is 2. The van der Waals surface area contributed by atoms with E-state index in [-0.39, 0.29) is 17.8 Å². The molecule has 0 bridgehead atoms. The summed E-state index contributed by atoms with van der Waals surface area (Å²) in [7, 11) is 0. The van der Waals surface area contributed by atoms with Gasteiger partial charge in [0.1, 0.15) is 5.75 Å². The highest BCUT2D eigenvalue weighted by atomic mass is 35.5. The highest BCUT2D eigenvalue weighted by Crippen LogP contribution is 2.25. The normalized spacial score (nSPS) is 13.7. The Labute approximate surface area is 148 Å². The van der Waals surface area contributed by atoms with E-state index in [0.29, 0.717) is 29.7 Å². The number of hydrogen-bond donors (Lipinski definition) is 2. The van der Waals surface area contributed by atoms with Gasteiger partial charge in [0, 0.05) is 5.69 Å². The fourth-order valence-corrected chi connectivity index (χ4v) is 2.15. The molecule has 2 aromatic rings. The van der Waals surface area contributed by atoms with Crippen LogP contribution in [-0.2, 0) is 9.53 Å². The van der Waals surface area contributed by atoms with Crippen molar-refractivity contribution in [2.75, 3.05) is 18.5 Å². The zero-order chi connectivity index (χ0) is 17.8. The quantitative estimate of drug-likeness (QED) is 0.866. The number of aromatic nitrogens is 2. The van der Waals surface area contributed by atoms with Gasteiger partial charge in [-0.15, -0.1) is 0 Å². The molecule has 2 heterocycles. The lowest BCUT2D eigenvalue weighted by Gasteiger charge is -2.24. The van der Waals surface area contributed by atoms with E-state index < -0.39 is 6.03 Å². The van der Waals surface area contributed by atoms with Crippen molar-refractivity contribution < 1.29 is 19.1 Å². The van der Waals surface area contributed by atoms with E-state index in [9.17, 15) is 9.59 Å². The Hall–Kier alpha value is -2.71. The number of anilines is 1. The lowest BCUT2D eigenvalue weighted by atomic mass is 10.1. The Morgan fingerprint density at radius 1 is 1.28 bits per heavy atom. The Balaban J connectivity index is 1.60. The van der Waals surface area contributed by atoms with E-state index in [1.165, 1.54) is 12.4 Å². The SMILES string of the molecule is Cc1cc(NC(=O)NC(=O)C2COC2)ccc1Oc1ncc(Cl)cn1. The molecule has 1 aliphatic heterocycles. The highest BCUT2D eigenvalue weighted by Gasteiger charge is 2.27. The number of amides is 3. The third kappa shape index (κ3) is 4.43. The topological polar surface area (TPSA) is 102 Å². The third-order valence-corrected chi connectivity index (χ3v) is 3.67. The maximum atomic E-state index is 11.8. The summed E-state index contributed by atoms with van der Waals surface area (Å²) in [5.41, 5.74) is 1.28. The first-order valence-electron chi connectivity index (χ1n) is 7.47. The van der Waals surface area contributed by atoms with Gasteiger partial charge in [-0.05, 0) is 30.7 Å². The molecule has 1 aliphatic rings. The molecule has 8 nitrogen and oxygen atoms in total. The second kappa shape index (κ2) is 7.45. The molecule has 1 aromatic carbocycles. The number of nitrogens with one attached hydrogen (secondary N) is 2. The minimum absolute atomic E-state index is 0.166. The van der Waals surface area contributed by atoms with Gasteiger partial charge in [0.2, 0.25) is 5.91 Å². The van der Waals surface area contributed by atoms with Crippen molar-refractivity contribution in [3.8, 4) is 11.8 Å². The zero-order valence-electron chi connectivity index (χ0n) is 13.3. The van der Waals surface area contributed by atoms with Gasteiger partial charge in [-0.1, -0.05) is 11.6 Å². The molecule has 0 aliphatic carbocycles. The molecule has 130 valence electrons. The van der Waals surface area contributed by atoms with Crippen molar-refractivity contribution >= 4 is 29.2 Å². The van der Waals surface area contributed by atoms with E-state index in [1.807, 2.05) is 6.92 Å². The fourth-order valence-electron chi connectivity index (χ4n) is 2.06. The lowest BCUT2D eigenvalue weighted by molar-refractivity contribution is -0.137. The first-order valence-corrected chi connectivity index (χ1v) is 7.84. The number of halogens is 1. The van der Waals surface area contributed by atoms with E-state index >= 15 is 0 Å². The summed E-state index contributed by atoms with van der Waals surface area (Å²) in [6, 6.07) is 4.60. The molecule has 3 rings (SSSR count). The fraction of sp³-hybridized carbons (Fsp3) is 0.250. The van der Waals surface area contributed by atoms with Crippen LogP contribution in [0.25, 0.3) is 0 Å². The van der Waals surface area contributed by atoms with E-state index in [2.05, 4.69) is 20.6 Å². The lowest BCUT2D eigenvalue weighted by Crippen LogP contribution is -2.45. The summed E-state index contributed by atoms with van der Waals surface area (Å²) in [5, 5.41) is 5.29. The molecular formula is C16H15ClN4O4. The molecule has 3 amide bonds. The summed E-state index contributed by atoms with van der Waals surface area (Å²) < 4.78 is 10.5. The van der Waals surface area contributed by atoms with Crippen molar-refractivity contribution in [2.24, 2.45) is 5.92 Å². The monoisotopic (exact) mass is 362 g/mol. The maximum Gasteiger partial charge on any atom is 0.325 e. The second-order valence-electron chi connectivity index (χ2n) is 5.44. The highest BCUT2D eigenvalue weighted by molar-refractivity contribution is 6.30. The van der Waals surface area contributed by atoms with E-state index in [1.54, 1.807) is 18.2 Å². The molecule has 0 radical (unpaired) electrons. The molecule has 0 atom stereocenters.